The molecule has 0 radical (unpaired) electrons. The Hall–Kier alpha value is -2.37. The molecule has 4 rings (SSSR count). The first kappa shape index (κ1) is 19.0. The van der Waals surface area contributed by atoms with Crippen LogP contribution in [0.25, 0.3) is 0 Å². The van der Waals surface area contributed by atoms with E-state index in [4.69, 9.17) is 5.41 Å². The van der Waals surface area contributed by atoms with Gasteiger partial charge in [-0.2, -0.15) is 0 Å². The highest BCUT2D eigenvalue weighted by molar-refractivity contribution is 6.04. The van der Waals surface area contributed by atoms with Gasteiger partial charge < -0.3 is 20.9 Å². The van der Waals surface area contributed by atoms with Crippen LogP contribution >= 0.6 is 0 Å². The van der Waals surface area contributed by atoms with Crippen molar-refractivity contribution in [1.82, 2.24) is 10.2 Å². The number of piperazine rings is 1. The number of anilines is 3. The van der Waals surface area contributed by atoms with Crippen LogP contribution in [0.15, 0.2) is 48.5 Å². The van der Waals surface area contributed by atoms with Crippen LogP contribution in [0.1, 0.15) is 25.3 Å². The Labute approximate surface area is 168 Å². The summed E-state index contributed by atoms with van der Waals surface area (Å²) in [5, 5.41) is 15.4. The molecule has 0 spiro atoms. The number of rotatable bonds is 6. The molecular weight excluding hydrogens is 346 g/mol. The van der Waals surface area contributed by atoms with Gasteiger partial charge in [0.05, 0.1) is 0 Å². The highest BCUT2D eigenvalue weighted by Gasteiger charge is 2.26. The normalized spacial score (nSPS) is 20.3. The van der Waals surface area contributed by atoms with E-state index in [9.17, 15) is 0 Å². The van der Waals surface area contributed by atoms with Crippen LogP contribution in [0.4, 0.5) is 17.1 Å². The summed E-state index contributed by atoms with van der Waals surface area (Å²) in [5.41, 5.74) is 4.99. The first-order valence-corrected chi connectivity index (χ1v) is 10.5. The summed E-state index contributed by atoms with van der Waals surface area (Å²) < 4.78 is 0. The van der Waals surface area contributed by atoms with Gasteiger partial charge in [-0.1, -0.05) is 25.1 Å². The van der Waals surface area contributed by atoms with Gasteiger partial charge in [0.25, 0.3) is 0 Å². The molecule has 5 nitrogen and oxygen atoms in total. The summed E-state index contributed by atoms with van der Waals surface area (Å²) in [7, 11) is 0. The summed E-state index contributed by atoms with van der Waals surface area (Å²) in [4.78, 5) is 5.12. The van der Waals surface area contributed by atoms with Gasteiger partial charge in [0.2, 0.25) is 0 Å². The molecule has 1 unspecified atom stereocenters. The fourth-order valence-electron chi connectivity index (χ4n) is 4.26. The number of hydrogen-bond donors (Lipinski definition) is 3. The number of benzene rings is 2. The molecule has 0 bridgehead atoms. The molecule has 2 aliphatic rings. The second-order valence-electron chi connectivity index (χ2n) is 7.72. The zero-order valence-corrected chi connectivity index (χ0v) is 16.7. The van der Waals surface area contributed by atoms with Gasteiger partial charge in [0.1, 0.15) is 0 Å². The van der Waals surface area contributed by atoms with E-state index in [-0.39, 0.29) is 0 Å². The van der Waals surface area contributed by atoms with Crippen molar-refractivity contribution in [3.63, 3.8) is 0 Å². The molecule has 2 aromatic rings. The highest BCUT2D eigenvalue weighted by Crippen LogP contribution is 2.29. The quantitative estimate of drug-likeness (QED) is 0.672. The standard InChI is InChI=1S/C23H31N5/c1-2-22(24)21-9-8-19(16-23(21)26-18-6-4-3-5-7-18)27-12-14-28(15-13-27)20-10-11-25-17-20/h3-9,16,20,24-26H,2,10-15,17H2,1H3. The number of nitrogens with zero attached hydrogens (tertiary/aromatic N) is 2. The monoisotopic (exact) mass is 377 g/mol. The van der Waals surface area contributed by atoms with Crippen LogP contribution in [-0.4, -0.2) is 55.9 Å². The molecule has 0 amide bonds. The molecule has 0 aliphatic carbocycles. The summed E-state index contributed by atoms with van der Waals surface area (Å²) in [6.07, 6.45) is 2.01. The highest BCUT2D eigenvalue weighted by atomic mass is 15.3. The van der Waals surface area contributed by atoms with E-state index < -0.39 is 0 Å². The van der Waals surface area contributed by atoms with Gasteiger partial charge in [-0.15, -0.1) is 0 Å². The number of hydrogen-bond acceptors (Lipinski definition) is 5. The maximum absolute atomic E-state index is 8.36. The fourth-order valence-corrected chi connectivity index (χ4v) is 4.26. The van der Waals surface area contributed by atoms with Gasteiger partial charge in [0, 0.05) is 67.1 Å². The Kier molecular flexibility index (Phi) is 5.93. The predicted octanol–water partition coefficient (Wildman–Crippen LogP) is 3.69. The summed E-state index contributed by atoms with van der Waals surface area (Å²) in [6, 6.07) is 17.5. The predicted molar refractivity (Wildman–Crippen MR) is 118 cm³/mol. The zero-order valence-electron chi connectivity index (χ0n) is 16.7. The topological polar surface area (TPSA) is 54.4 Å². The summed E-state index contributed by atoms with van der Waals surface area (Å²) >= 11 is 0. The van der Waals surface area contributed by atoms with E-state index >= 15 is 0 Å². The van der Waals surface area contributed by atoms with Crippen molar-refractivity contribution in [2.45, 2.75) is 25.8 Å². The van der Waals surface area contributed by atoms with E-state index in [0.717, 1.165) is 62.6 Å². The maximum Gasteiger partial charge on any atom is 0.0496 e. The van der Waals surface area contributed by atoms with Crippen molar-refractivity contribution < 1.29 is 0 Å². The zero-order chi connectivity index (χ0) is 19.3. The molecule has 2 aromatic carbocycles. The molecule has 2 heterocycles. The third-order valence-corrected chi connectivity index (χ3v) is 5.96. The summed E-state index contributed by atoms with van der Waals surface area (Å²) in [5.74, 6) is 0. The Morgan fingerprint density at radius 1 is 1.11 bits per heavy atom. The van der Waals surface area contributed by atoms with Crippen LogP contribution in [0.2, 0.25) is 0 Å². The lowest BCUT2D eigenvalue weighted by atomic mass is 10.0. The van der Waals surface area contributed by atoms with E-state index in [1.54, 1.807) is 0 Å². The van der Waals surface area contributed by atoms with Crippen molar-refractivity contribution in [2.24, 2.45) is 0 Å². The van der Waals surface area contributed by atoms with Gasteiger partial charge >= 0.3 is 0 Å². The lowest BCUT2D eigenvalue weighted by molar-refractivity contribution is 0.196. The second kappa shape index (κ2) is 8.76. The Morgan fingerprint density at radius 3 is 2.57 bits per heavy atom. The third kappa shape index (κ3) is 4.21. The Morgan fingerprint density at radius 2 is 1.89 bits per heavy atom. The lowest BCUT2D eigenvalue weighted by Crippen LogP contribution is -2.51. The van der Waals surface area contributed by atoms with E-state index in [2.05, 4.69) is 50.8 Å². The van der Waals surface area contributed by atoms with E-state index in [1.165, 1.54) is 12.1 Å². The average Bonchev–Trinajstić information content (AvgIpc) is 3.29. The van der Waals surface area contributed by atoms with E-state index in [0.29, 0.717) is 11.8 Å². The maximum atomic E-state index is 8.36. The van der Waals surface area contributed by atoms with Gasteiger partial charge in [0.15, 0.2) is 0 Å². The second-order valence-corrected chi connectivity index (χ2v) is 7.72. The molecule has 5 heteroatoms. The molecule has 0 saturated carbocycles. The fraction of sp³-hybridized carbons (Fsp3) is 0.435. The van der Waals surface area contributed by atoms with Crippen molar-refractivity contribution in [3.05, 3.63) is 54.1 Å². The molecule has 28 heavy (non-hydrogen) atoms. The van der Waals surface area contributed by atoms with Crippen molar-refractivity contribution >= 4 is 22.8 Å². The molecule has 2 saturated heterocycles. The molecule has 148 valence electrons. The van der Waals surface area contributed by atoms with Gasteiger partial charge in [-0.25, -0.2) is 0 Å². The number of para-hydroxylation sites is 1. The van der Waals surface area contributed by atoms with Crippen LogP contribution in [0.5, 0.6) is 0 Å². The van der Waals surface area contributed by atoms with Gasteiger partial charge in [-0.3, -0.25) is 4.90 Å². The largest absolute Gasteiger partial charge is 0.369 e. The smallest absolute Gasteiger partial charge is 0.0496 e. The summed E-state index contributed by atoms with van der Waals surface area (Å²) in [6.45, 7) is 8.71. The van der Waals surface area contributed by atoms with Crippen LogP contribution < -0.4 is 15.5 Å². The first-order chi connectivity index (χ1) is 13.7. The minimum Gasteiger partial charge on any atom is -0.369 e. The molecule has 3 N–H and O–H groups in total. The lowest BCUT2D eigenvalue weighted by Gasteiger charge is -2.39. The Bertz CT molecular complexity index is 790. The van der Waals surface area contributed by atoms with Crippen molar-refractivity contribution in [2.75, 3.05) is 49.5 Å². The van der Waals surface area contributed by atoms with E-state index in [1.807, 2.05) is 25.1 Å². The molecule has 1 atom stereocenters. The SMILES string of the molecule is CCC(=N)c1ccc(N2CCN(C3CCNC3)CC2)cc1Nc1ccccc1. The first-order valence-electron chi connectivity index (χ1n) is 10.5. The molecule has 2 fully saturated rings. The molecule has 0 aromatic heterocycles. The van der Waals surface area contributed by atoms with Crippen LogP contribution in [0.3, 0.4) is 0 Å². The van der Waals surface area contributed by atoms with Crippen LogP contribution in [-0.2, 0) is 0 Å². The van der Waals surface area contributed by atoms with Crippen molar-refractivity contribution in [3.8, 4) is 0 Å². The Balaban J connectivity index is 1.51. The van der Waals surface area contributed by atoms with Gasteiger partial charge in [-0.05, 0) is 49.7 Å². The minimum atomic E-state index is 0.670. The molecule has 2 aliphatic heterocycles. The minimum absolute atomic E-state index is 0.670. The average molecular weight is 378 g/mol. The molecular formula is C23H31N5. The number of nitrogens with one attached hydrogen (secondary N) is 3. The van der Waals surface area contributed by atoms with Crippen molar-refractivity contribution in [1.29, 1.82) is 5.41 Å². The van der Waals surface area contributed by atoms with Crippen LogP contribution in [0, 0.1) is 5.41 Å². The third-order valence-electron chi connectivity index (χ3n) is 5.96.